The largest absolute Gasteiger partial charge is 0.472 e. The summed E-state index contributed by atoms with van der Waals surface area (Å²) in [6, 6.07) is 9.54. The van der Waals surface area contributed by atoms with Crippen LogP contribution in [0, 0.1) is 0 Å². The zero-order valence-corrected chi connectivity index (χ0v) is 13.8. The highest BCUT2D eigenvalue weighted by molar-refractivity contribution is 7.20. The standard InChI is InChI=1S/C17H16N4O2S/c22-17(16-20-13-5-1-2-6-14(13)24-16)21-9-3-4-12(10-21)23-15-7-8-18-11-19-15/h1-2,5-8,11-12H,3-4,9-10H2/t12-/m1/s1. The van der Waals surface area contributed by atoms with Crippen molar-refractivity contribution in [1.82, 2.24) is 19.9 Å². The number of fused-ring (bicyclic) bond motifs is 1. The van der Waals surface area contributed by atoms with E-state index in [9.17, 15) is 4.79 Å². The molecule has 1 fully saturated rings. The Morgan fingerprint density at radius 1 is 1.29 bits per heavy atom. The Morgan fingerprint density at radius 3 is 3.04 bits per heavy atom. The van der Waals surface area contributed by atoms with E-state index in [1.165, 1.54) is 17.7 Å². The summed E-state index contributed by atoms with van der Waals surface area (Å²) in [6.45, 7) is 1.29. The Bertz CT molecular complexity index is 819. The number of ether oxygens (including phenoxy) is 1. The van der Waals surface area contributed by atoms with E-state index < -0.39 is 0 Å². The fourth-order valence-electron chi connectivity index (χ4n) is 2.84. The van der Waals surface area contributed by atoms with Gasteiger partial charge in [0.2, 0.25) is 5.88 Å². The van der Waals surface area contributed by atoms with Crippen LogP contribution in [0.4, 0.5) is 0 Å². The fraction of sp³-hybridized carbons (Fsp3) is 0.294. The third-order valence-corrected chi connectivity index (χ3v) is 5.01. The van der Waals surface area contributed by atoms with Crippen LogP contribution in [0.25, 0.3) is 10.2 Å². The molecule has 0 bridgehead atoms. The smallest absolute Gasteiger partial charge is 0.282 e. The van der Waals surface area contributed by atoms with Gasteiger partial charge in [0.25, 0.3) is 5.91 Å². The van der Waals surface area contributed by atoms with Crippen LogP contribution in [0.3, 0.4) is 0 Å². The molecule has 3 aromatic rings. The van der Waals surface area contributed by atoms with Gasteiger partial charge in [-0.2, -0.15) is 0 Å². The lowest BCUT2D eigenvalue weighted by atomic mass is 10.1. The molecule has 2 aromatic heterocycles. The summed E-state index contributed by atoms with van der Waals surface area (Å²) in [5.74, 6) is 0.525. The van der Waals surface area contributed by atoms with Gasteiger partial charge in [-0.3, -0.25) is 4.79 Å². The second-order valence-corrected chi connectivity index (χ2v) is 6.70. The molecule has 0 N–H and O–H groups in total. The molecule has 0 radical (unpaired) electrons. The first kappa shape index (κ1) is 15.0. The van der Waals surface area contributed by atoms with Crippen molar-refractivity contribution >= 4 is 27.5 Å². The number of piperidine rings is 1. The summed E-state index contributed by atoms with van der Waals surface area (Å²) in [7, 11) is 0. The molecule has 1 saturated heterocycles. The number of amides is 1. The number of carbonyl (C=O) groups is 1. The molecule has 122 valence electrons. The molecule has 24 heavy (non-hydrogen) atoms. The first-order valence-electron chi connectivity index (χ1n) is 7.87. The molecule has 0 unspecified atom stereocenters. The average Bonchev–Trinajstić information content (AvgIpc) is 3.06. The van der Waals surface area contributed by atoms with Gasteiger partial charge in [-0.1, -0.05) is 12.1 Å². The van der Waals surface area contributed by atoms with Gasteiger partial charge in [-0.25, -0.2) is 15.0 Å². The molecular formula is C17H16N4O2S. The summed E-state index contributed by atoms with van der Waals surface area (Å²) in [6.07, 6.45) is 4.88. The van der Waals surface area contributed by atoms with Crippen molar-refractivity contribution in [1.29, 1.82) is 0 Å². The van der Waals surface area contributed by atoms with E-state index in [0.717, 1.165) is 29.6 Å². The lowest BCUT2D eigenvalue weighted by molar-refractivity contribution is 0.0527. The number of hydrogen-bond acceptors (Lipinski definition) is 6. The number of aromatic nitrogens is 3. The Balaban J connectivity index is 1.48. The molecule has 1 aliphatic rings. The van der Waals surface area contributed by atoms with Crippen molar-refractivity contribution < 1.29 is 9.53 Å². The molecule has 7 heteroatoms. The quantitative estimate of drug-likeness (QED) is 0.733. The minimum atomic E-state index is -0.0491. The maximum atomic E-state index is 12.8. The number of rotatable bonds is 3. The van der Waals surface area contributed by atoms with Gasteiger partial charge in [0, 0.05) is 18.8 Å². The predicted molar refractivity (Wildman–Crippen MR) is 91.2 cm³/mol. The van der Waals surface area contributed by atoms with Crippen LogP contribution in [-0.2, 0) is 0 Å². The molecule has 6 nitrogen and oxygen atoms in total. The van der Waals surface area contributed by atoms with Gasteiger partial charge in [-0.15, -0.1) is 11.3 Å². The average molecular weight is 340 g/mol. The normalized spacial score (nSPS) is 17.8. The minimum absolute atomic E-state index is 0.0211. The van der Waals surface area contributed by atoms with E-state index in [4.69, 9.17) is 4.74 Å². The third-order valence-electron chi connectivity index (χ3n) is 3.98. The maximum Gasteiger partial charge on any atom is 0.282 e. The number of thiazole rings is 1. The van der Waals surface area contributed by atoms with Crippen LogP contribution in [0.15, 0.2) is 42.9 Å². The van der Waals surface area contributed by atoms with Crippen molar-refractivity contribution in [2.24, 2.45) is 0 Å². The second kappa shape index (κ2) is 6.52. The van der Waals surface area contributed by atoms with Crippen LogP contribution in [0.2, 0.25) is 0 Å². The summed E-state index contributed by atoms with van der Waals surface area (Å²) >= 11 is 1.44. The van der Waals surface area contributed by atoms with Gasteiger partial charge < -0.3 is 9.64 Å². The highest BCUT2D eigenvalue weighted by atomic mass is 32.1. The van der Waals surface area contributed by atoms with Crippen molar-refractivity contribution in [3.8, 4) is 5.88 Å². The number of hydrogen-bond donors (Lipinski definition) is 0. The van der Waals surface area contributed by atoms with Gasteiger partial charge in [-0.05, 0) is 25.0 Å². The Kier molecular flexibility index (Phi) is 4.08. The van der Waals surface area contributed by atoms with E-state index in [-0.39, 0.29) is 12.0 Å². The van der Waals surface area contributed by atoms with E-state index in [1.54, 1.807) is 12.3 Å². The maximum absolute atomic E-state index is 12.8. The fourth-order valence-corrected chi connectivity index (χ4v) is 3.77. The second-order valence-electron chi connectivity index (χ2n) is 5.67. The van der Waals surface area contributed by atoms with Gasteiger partial charge >= 0.3 is 0 Å². The lowest BCUT2D eigenvalue weighted by Gasteiger charge is -2.32. The topological polar surface area (TPSA) is 68.2 Å². The number of carbonyl (C=O) groups excluding carboxylic acids is 1. The van der Waals surface area contributed by atoms with Crippen molar-refractivity contribution in [3.05, 3.63) is 47.9 Å². The predicted octanol–water partition coefficient (Wildman–Crippen LogP) is 2.77. The summed E-state index contributed by atoms with van der Waals surface area (Å²) in [4.78, 5) is 27.0. The van der Waals surface area contributed by atoms with Crippen molar-refractivity contribution in [3.63, 3.8) is 0 Å². The molecule has 1 amide bonds. The Hall–Kier alpha value is -2.54. The molecule has 0 saturated carbocycles. The minimum Gasteiger partial charge on any atom is -0.472 e. The van der Waals surface area contributed by atoms with E-state index >= 15 is 0 Å². The first-order chi connectivity index (χ1) is 11.8. The summed E-state index contributed by atoms with van der Waals surface area (Å²) in [5.41, 5.74) is 0.872. The van der Waals surface area contributed by atoms with Crippen LogP contribution in [0.1, 0.15) is 22.6 Å². The highest BCUT2D eigenvalue weighted by Crippen LogP contribution is 2.24. The third kappa shape index (κ3) is 3.07. The Labute approximate surface area is 143 Å². The van der Waals surface area contributed by atoms with Gasteiger partial charge in [0.15, 0.2) is 5.01 Å². The number of para-hydroxylation sites is 1. The molecule has 1 aliphatic heterocycles. The molecule has 0 aliphatic carbocycles. The Morgan fingerprint density at radius 2 is 2.21 bits per heavy atom. The van der Waals surface area contributed by atoms with E-state index in [0.29, 0.717) is 17.4 Å². The zero-order chi connectivity index (χ0) is 16.4. The first-order valence-corrected chi connectivity index (χ1v) is 8.69. The molecular weight excluding hydrogens is 324 g/mol. The van der Waals surface area contributed by atoms with Crippen LogP contribution < -0.4 is 4.74 Å². The van der Waals surface area contributed by atoms with Gasteiger partial charge in [0.1, 0.15) is 12.4 Å². The number of likely N-dealkylation sites (tertiary alicyclic amines) is 1. The van der Waals surface area contributed by atoms with Crippen LogP contribution >= 0.6 is 11.3 Å². The molecule has 3 heterocycles. The number of benzene rings is 1. The van der Waals surface area contributed by atoms with Crippen LogP contribution in [0.5, 0.6) is 5.88 Å². The molecule has 4 rings (SSSR count). The highest BCUT2D eigenvalue weighted by Gasteiger charge is 2.27. The monoisotopic (exact) mass is 340 g/mol. The van der Waals surface area contributed by atoms with Gasteiger partial charge in [0.05, 0.1) is 16.8 Å². The molecule has 1 aromatic carbocycles. The number of nitrogens with zero attached hydrogens (tertiary/aromatic N) is 4. The summed E-state index contributed by atoms with van der Waals surface area (Å²) in [5, 5.41) is 0.541. The van der Waals surface area contributed by atoms with E-state index in [2.05, 4.69) is 15.0 Å². The van der Waals surface area contributed by atoms with Crippen molar-refractivity contribution in [2.75, 3.05) is 13.1 Å². The summed E-state index contributed by atoms with van der Waals surface area (Å²) < 4.78 is 6.90. The molecule has 1 atom stereocenters. The van der Waals surface area contributed by atoms with Crippen LogP contribution in [-0.4, -0.2) is 45.0 Å². The van der Waals surface area contributed by atoms with E-state index in [1.807, 2.05) is 29.2 Å². The molecule has 0 spiro atoms. The SMILES string of the molecule is O=C(c1nc2ccccc2s1)N1CCC[C@@H](Oc2ccncn2)C1. The van der Waals surface area contributed by atoms with Crippen molar-refractivity contribution in [2.45, 2.75) is 18.9 Å². The zero-order valence-electron chi connectivity index (χ0n) is 13.0. The lowest BCUT2D eigenvalue weighted by Crippen LogP contribution is -2.44.